The topological polar surface area (TPSA) is 92.0 Å². The molecule has 0 aliphatic heterocycles. The van der Waals surface area contributed by atoms with Gasteiger partial charge in [-0.1, -0.05) is 140 Å². The van der Waals surface area contributed by atoms with Crippen LogP contribution in [0.1, 0.15) is 56.0 Å². The smallest absolute Gasteiger partial charge is 0.343 e. The first kappa shape index (κ1) is 32.8. The number of nitrogens with zero attached hydrogens (tertiary/aromatic N) is 5. The summed E-state index contributed by atoms with van der Waals surface area (Å²) in [6.07, 6.45) is 2.71. The summed E-state index contributed by atoms with van der Waals surface area (Å²) in [5.41, 5.74) is 9.08. The lowest BCUT2D eigenvalue weighted by Gasteiger charge is -2.34. The summed E-state index contributed by atoms with van der Waals surface area (Å²) in [4.78, 5) is 19.2. The number of rotatable bonds is 10. The van der Waals surface area contributed by atoms with Crippen LogP contribution in [0.5, 0.6) is 5.75 Å². The molecule has 5 aromatic carbocycles. The van der Waals surface area contributed by atoms with E-state index in [0.29, 0.717) is 29.4 Å². The van der Waals surface area contributed by atoms with Gasteiger partial charge in [0.15, 0.2) is 5.54 Å². The van der Waals surface area contributed by atoms with Gasteiger partial charge in [-0.05, 0) is 64.8 Å². The van der Waals surface area contributed by atoms with E-state index < -0.39 is 11.5 Å². The Balaban J connectivity index is 1.14. The van der Waals surface area contributed by atoms with Crippen molar-refractivity contribution in [2.45, 2.75) is 38.3 Å². The second kappa shape index (κ2) is 14.1. The van der Waals surface area contributed by atoms with E-state index in [1.807, 2.05) is 91.9 Å². The van der Waals surface area contributed by atoms with Gasteiger partial charge in [-0.2, -0.15) is 0 Å². The minimum absolute atomic E-state index is 0.304. The van der Waals surface area contributed by atoms with Crippen molar-refractivity contribution in [3.8, 4) is 28.3 Å². The molecule has 0 atom stereocenters. The highest BCUT2D eigenvalue weighted by Crippen LogP contribution is 2.41. The number of hydrogen-bond donors (Lipinski definition) is 0. The molecule has 7 aromatic rings. The van der Waals surface area contributed by atoms with Crippen LogP contribution in [0.15, 0.2) is 140 Å². The molecule has 8 nitrogen and oxygen atoms in total. The standard InChI is InChI=1S/C44H37N5O3/c1-30-40(43(50)51-2)41(38-23-14-24-39(38)45-30)52-29-31-25-27-32(28-26-31)36-21-12-13-22-37(36)42-46-48-49(47-42)44(33-15-6-3-7-16-33,34-17-8-4-9-18-34)35-19-10-5-11-20-35/h3-13,15-22,25-28H,14,23-24,29H2,1-2H3. The molecule has 2 heterocycles. The second-order valence-electron chi connectivity index (χ2n) is 12.9. The Morgan fingerprint density at radius 2 is 1.31 bits per heavy atom. The summed E-state index contributed by atoms with van der Waals surface area (Å²) in [5, 5.41) is 14.6. The number of tetrazole rings is 1. The van der Waals surface area contributed by atoms with E-state index >= 15 is 0 Å². The fourth-order valence-electron chi connectivity index (χ4n) is 7.39. The van der Waals surface area contributed by atoms with Gasteiger partial charge in [0.1, 0.15) is 17.9 Å². The van der Waals surface area contributed by atoms with Crippen molar-refractivity contribution in [1.82, 2.24) is 25.2 Å². The number of hydrogen-bond acceptors (Lipinski definition) is 7. The molecule has 1 aliphatic rings. The fraction of sp³-hybridized carbons (Fsp3) is 0.159. The van der Waals surface area contributed by atoms with Crippen LogP contribution >= 0.6 is 0 Å². The first-order valence-corrected chi connectivity index (χ1v) is 17.5. The molecule has 0 unspecified atom stereocenters. The second-order valence-corrected chi connectivity index (χ2v) is 12.9. The van der Waals surface area contributed by atoms with Gasteiger partial charge in [0.25, 0.3) is 0 Å². The van der Waals surface area contributed by atoms with Crippen molar-refractivity contribution in [2.75, 3.05) is 7.11 Å². The first-order valence-electron chi connectivity index (χ1n) is 17.5. The molecule has 52 heavy (non-hydrogen) atoms. The molecule has 8 rings (SSSR count). The molecule has 0 fully saturated rings. The number of esters is 1. The summed E-state index contributed by atoms with van der Waals surface area (Å²) < 4.78 is 11.5. The van der Waals surface area contributed by atoms with Crippen molar-refractivity contribution in [1.29, 1.82) is 0 Å². The fourth-order valence-corrected chi connectivity index (χ4v) is 7.39. The Hall–Kier alpha value is -6.41. The number of carbonyl (C=O) groups excluding carboxylic acids is 1. The van der Waals surface area contributed by atoms with Gasteiger partial charge >= 0.3 is 5.97 Å². The van der Waals surface area contributed by atoms with E-state index in [0.717, 1.165) is 69.5 Å². The number of methoxy groups -OCH3 is 1. The van der Waals surface area contributed by atoms with Gasteiger partial charge < -0.3 is 9.47 Å². The van der Waals surface area contributed by atoms with E-state index in [-0.39, 0.29) is 0 Å². The van der Waals surface area contributed by atoms with E-state index in [4.69, 9.17) is 24.9 Å². The third-order valence-electron chi connectivity index (χ3n) is 9.85. The maximum atomic E-state index is 12.7. The Kier molecular flexibility index (Phi) is 8.87. The predicted octanol–water partition coefficient (Wildman–Crippen LogP) is 8.41. The van der Waals surface area contributed by atoms with Crippen LogP contribution in [0.4, 0.5) is 0 Å². The van der Waals surface area contributed by atoms with Crippen LogP contribution in [0, 0.1) is 6.92 Å². The quantitative estimate of drug-likeness (QED) is 0.106. The Morgan fingerprint density at radius 1 is 0.731 bits per heavy atom. The van der Waals surface area contributed by atoms with E-state index in [1.165, 1.54) is 7.11 Å². The first-order chi connectivity index (χ1) is 25.6. The number of pyridine rings is 1. The van der Waals surface area contributed by atoms with Crippen LogP contribution in [0.25, 0.3) is 22.5 Å². The number of ether oxygens (including phenoxy) is 2. The molecule has 0 spiro atoms. The number of benzene rings is 5. The summed E-state index contributed by atoms with van der Waals surface area (Å²) in [5.74, 6) is 0.682. The number of carbonyl (C=O) groups is 1. The normalized spacial score (nSPS) is 12.3. The maximum absolute atomic E-state index is 12.7. The van der Waals surface area contributed by atoms with Crippen molar-refractivity contribution >= 4 is 5.97 Å². The molecule has 0 N–H and O–H groups in total. The summed E-state index contributed by atoms with van der Waals surface area (Å²) in [7, 11) is 1.39. The molecule has 0 bridgehead atoms. The van der Waals surface area contributed by atoms with Crippen LogP contribution in [0.2, 0.25) is 0 Å². The zero-order chi connectivity index (χ0) is 35.5. The molecule has 0 saturated carbocycles. The van der Waals surface area contributed by atoms with E-state index in [2.05, 4.69) is 59.6 Å². The molecular weight excluding hydrogens is 647 g/mol. The predicted molar refractivity (Wildman–Crippen MR) is 200 cm³/mol. The lowest BCUT2D eigenvalue weighted by atomic mass is 9.77. The van der Waals surface area contributed by atoms with Gasteiger partial charge in [0.05, 0.1) is 12.8 Å². The monoisotopic (exact) mass is 683 g/mol. The van der Waals surface area contributed by atoms with E-state index in [9.17, 15) is 4.79 Å². The van der Waals surface area contributed by atoms with Gasteiger partial charge in [-0.25, -0.2) is 4.79 Å². The van der Waals surface area contributed by atoms with Crippen LogP contribution in [0.3, 0.4) is 0 Å². The van der Waals surface area contributed by atoms with Gasteiger partial charge in [-0.3, -0.25) is 4.98 Å². The molecule has 2 aromatic heterocycles. The highest BCUT2D eigenvalue weighted by Gasteiger charge is 2.41. The third-order valence-corrected chi connectivity index (χ3v) is 9.85. The third kappa shape index (κ3) is 5.82. The minimum Gasteiger partial charge on any atom is -0.488 e. The Labute approximate surface area is 302 Å². The molecule has 8 heteroatoms. The van der Waals surface area contributed by atoms with Crippen LogP contribution < -0.4 is 4.74 Å². The van der Waals surface area contributed by atoms with Crippen LogP contribution in [-0.4, -0.2) is 38.3 Å². The highest BCUT2D eigenvalue weighted by molar-refractivity contribution is 5.94. The van der Waals surface area contributed by atoms with E-state index in [1.54, 1.807) is 4.80 Å². The zero-order valence-corrected chi connectivity index (χ0v) is 29.1. The summed E-state index contributed by atoms with van der Waals surface area (Å²) in [6.45, 7) is 2.14. The Morgan fingerprint density at radius 3 is 1.90 bits per heavy atom. The summed E-state index contributed by atoms with van der Waals surface area (Å²) in [6, 6.07) is 47.4. The van der Waals surface area contributed by atoms with Crippen molar-refractivity contribution < 1.29 is 14.3 Å². The van der Waals surface area contributed by atoms with Crippen molar-refractivity contribution in [3.05, 3.63) is 184 Å². The maximum Gasteiger partial charge on any atom is 0.343 e. The summed E-state index contributed by atoms with van der Waals surface area (Å²) >= 11 is 0. The largest absolute Gasteiger partial charge is 0.488 e. The van der Waals surface area contributed by atoms with Gasteiger partial charge in [-0.15, -0.1) is 15.0 Å². The SMILES string of the molecule is COC(=O)c1c(C)nc2c(c1OCc1ccc(-c3ccccc3-c3nnn(C(c4ccccc4)(c4ccccc4)c4ccccc4)n3)cc1)CCC2. The van der Waals surface area contributed by atoms with Crippen molar-refractivity contribution in [3.63, 3.8) is 0 Å². The average Bonchev–Trinajstić information content (AvgIpc) is 3.89. The molecule has 256 valence electrons. The van der Waals surface area contributed by atoms with Gasteiger partial charge in [0, 0.05) is 16.8 Å². The highest BCUT2D eigenvalue weighted by atomic mass is 16.5. The lowest BCUT2D eigenvalue weighted by molar-refractivity contribution is 0.0593. The minimum atomic E-state index is -0.868. The molecule has 0 saturated heterocycles. The molecule has 0 amide bonds. The average molecular weight is 684 g/mol. The number of aromatic nitrogens is 5. The molecular formula is C44H37N5O3. The molecule has 1 aliphatic carbocycles. The Bertz CT molecular complexity index is 2240. The van der Waals surface area contributed by atoms with Crippen molar-refractivity contribution in [2.24, 2.45) is 0 Å². The van der Waals surface area contributed by atoms with Crippen LogP contribution in [-0.2, 0) is 29.7 Å². The zero-order valence-electron chi connectivity index (χ0n) is 29.1. The number of fused-ring (bicyclic) bond motifs is 1. The molecule has 0 radical (unpaired) electrons. The van der Waals surface area contributed by atoms with Gasteiger partial charge in [0.2, 0.25) is 5.82 Å². The number of aryl methyl sites for hydroxylation is 2. The lowest BCUT2D eigenvalue weighted by Crippen LogP contribution is -2.39.